The zero-order chi connectivity index (χ0) is 12.6. The number of benzene rings is 1. The van der Waals surface area contributed by atoms with Crippen molar-refractivity contribution in [3.8, 4) is 0 Å². The number of likely N-dealkylation sites (tertiary alicyclic amines) is 1. The van der Waals surface area contributed by atoms with Gasteiger partial charge in [0.05, 0.1) is 0 Å². The summed E-state index contributed by atoms with van der Waals surface area (Å²) in [6, 6.07) is 7.13. The van der Waals surface area contributed by atoms with Crippen molar-refractivity contribution >= 4 is 5.57 Å². The summed E-state index contributed by atoms with van der Waals surface area (Å²) in [4.78, 5) is 2.57. The summed E-state index contributed by atoms with van der Waals surface area (Å²) in [5, 5.41) is 0. The fourth-order valence-electron chi connectivity index (χ4n) is 3.06. The molecule has 1 aromatic rings. The molecule has 2 heteroatoms. The molecular weight excluding hydrogens is 225 g/mol. The minimum atomic E-state index is -0.0868. The lowest BCUT2D eigenvalue weighted by Gasteiger charge is -2.48. The summed E-state index contributed by atoms with van der Waals surface area (Å²) < 4.78 is 13.8. The van der Waals surface area contributed by atoms with Crippen LogP contribution in [-0.4, -0.2) is 23.5 Å². The number of nitrogens with zero attached hydrogens (tertiary/aromatic N) is 1. The molecule has 0 saturated carbocycles. The van der Waals surface area contributed by atoms with E-state index in [2.05, 4.69) is 17.9 Å². The maximum atomic E-state index is 13.8. The summed E-state index contributed by atoms with van der Waals surface area (Å²) >= 11 is 0. The number of hydrogen-bond donors (Lipinski definition) is 0. The van der Waals surface area contributed by atoms with Gasteiger partial charge in [0.15, 0.2) is 0 Å². The highest BCUT2D eigenvalue weighted by Crippen LogP contribution is 2.38. The molecule has 0 spiro atoms. The minimum absolute atomic E-state index is 0.0868. The Kier molecular flexibility index (Phi) is 2.98. The van der Waals surface area contributed by atoms with Gasteiger partial charge in [-0.2, -0.15) is 0 Å². The molecule has 0 bridgehead atoms. The monoisotopic (exact) mass is 245 g/mol. The molecule has 1 aliphatic heterocycles. The Hall–Kier alpha value is -1.15. The minimum Gasteiger partial charge on any atom is -0.298 e. The Morgan fingerprint density at radius 3 is 2.56 bits per heavy atom. The molecule has 1 aromatic carbocycles. The summed E-state index contributed by atoms with van der Waals surface area (Å²) in [5.41, 5.74) is 2.29. The van der Waals surface area contributed by atoms with Crippen molar-refractivity contribution in [3.05, 3.63) is 41.7 Å². The van der Waals surface area contributed by atoms with Crippen molar-refractivity contribution < 1.29 is 4.39 Å². The number of hydrogen-bond acceptors (Lipinski definition) is 1. The average Bonchev–Trinajstić information content (AvgIpc) is 2.28. The first kappa shape index (κ1) is 11.9. The first-order valence-electron chi connectivity index (χ1n) is 6.88. The van der Waals surface area contributed by atoms with E-state index in [-0.39, 0.29) is 5.82 Å². The highest BCUT2D eigenvalue weighted by atomic mass is 19.1. The number of allylic oxidation sites excluding steroid dienone is 1. The van der Waals surface area contributed by atoms with Gasteiger partial charge in [0, 0.05) is 11.1 Å². The van der Waals surface area contributed by atoms with Crippen molar-refractivity contribution in [2.45, 2.75) is 38.1 Å². The van der Waals surface area contributed by atoms with Gasteiger partial charge in [-0.05, 0) is 57.3 Å². The van der Waals surface area contributed by atoms with E-state index in [9.17, 15) is 4.39 Å². The van der Waals surface area contributed by atoms with E-state index in [1.807, 2.05) is 12.1 Å². The quantitative estimate of drug-likeness (QED) is 0.764. The largest absolute Gasteiger partial charge is 0.298 e. The third kappa shape index (κ3) is 1.99. The average molecular weight is 245 g/mol. The third-order valence-electron chi connectivity index (χ3n) is 4.56. The highest BCUT2D eigenvalue weighted by molar-refractivity contribution is 5.67. The van der Waals surface area contributed by atoms with Crippen molar-refractivity contribution in [2.75, 3.05) is 13.1 Å². The number of halogens is 1. The molecule has 18 heavy (non-hydrogen) atoms. The van der Waals surface area contributed by atoms with Crippen molar-refractivity contribution in [2.24, 2.45) is 0 Å². The van der Waals surface area contributed by atoms with Crippen molar-refractivity contribution in [1.29, 1.82) is 0 Å². The summed E-state index contributed by atoms with van der Waals surface area (Å²) in [6.45, 7) is 4.82. The second kappa shape index (κ2) is 4.51. The molecule has 1 unspecified atom stereocenters. The van der Waals surface area contributed by atoms with E-state index in [0.717, 1.165) is 24.8 Å². The van der Waals surface area contributed by atoms with Crippen LogP contribution in [0.5, 0.6) is 0 Å². The van der Waals surface area contributed by atoms with Crippen LogP contribution in [0.3, 0.4) is 0 Å². The SMILES string of the molecule is CC1(N2CCC2)CC=C(c2ccccc2F)CC1. The molecule has 2 aliphatic rings. The molecule has 1 saturated heterocycles. The summed E-state index contributed by atoms with van der Waals surface area (Å²) in [7, 11) is 0. The fraction of sp³-hybridized carbons (Fsp3) is 0.500. The Labute approximate surface area is 108 Å². The molecule has 1 nitrogen and oxygen atoms in total. The second-order valence-corrected chi connectivity index (χ2v) is 5.75. The van der Waals surface area contributed by atoms with Crippen LogP contribution in [-0.2, 0) is 0 Å². The molecule has 1 aliphatic carbocycles. The Morgan fingerprint density at radius 2 is 2.00 bits per heavy atom. The lowest BCUT2D eigenvalue weighted by atomic mass is 9.79. The van der Waals surface area contributed by atoms with Crippen LogP contribution in [0.15, 0.2) is 30.3 Å². The van der Waals surface area contributed by atoms with Gasteiger partial charge in [0.2, 0.25) is 0 Å². The zero-order valence-corrected chi connectivity index (χ0v) is 11.0. The highest BCUT2D eigenvalue weighted by Gasteiger charge is 2.36. The molecule has 3 rings (SSSR count). The van der Waals surface area contributed by atoms with Crippen molar-refractivity contribution in [3.63, 3.8) is 0 Å². The normalized spacial score (nSPS) is 28.7. The van der Waals surface area contributed by atoms with Gasteiger partial charge in [-0.1, -0.05) is 24.3 Å². The van der Waals surface area contributed by atoms with Crippen LogP contribution in [0, 0.1) is 5.82 Å². The molecule has 96 valence electrons. The van der Waals surface area contributed by atoms with Gasteiger partial charge in [-0.3, -0.25) is 4.90 Å². The molecule has 0 aromatic heterocycles. The van der Waals surface area contributed by atoms with Crippen LogP contribution >= 0.6 is 0 Å². The van der Waals surface area contributed by atoms with E-state index < -0.39 is 0 Å². The Morgan fingerprint density at radius 1 is 1.22 bits per heavy atom. The smallest absolute Gasteiger partial charge is 0.130 e. The van der Waals surface area contributed by atoms with Crippen LogP contribution < -0.4 is 0 Å². The summed E-state index contributed by atoms with van der Waals surface area (Å²) in [6.07, 6.45) is 6.78. The van der Waals surface area contributed by atoms with E-state index >= 15 is 0 Å². The standard InChI is InChI=1S/C16H20FN/c1-16(18-11-4-12-18)9-7-13(8-10-16)14-5-2-3-6-15(14)17/h2-3,5-7H,4,8-12H2,1H3. The third-order valence-corrected chi connectivity index (χ3v) is 4.56. The van der Waals surface area contributed by atoms with Crippen molar-refractivity contribution in [1.82, 2.24) is 4.90 Å². The Balaban J connectivity index is 1.79. The topological polar surface area (TPSA) is 3.24 Å². The zero-order valence-electron chi connectivity index (χ0n) is 11.0. The second-order valence-electron chi connectivity index (χ2n) is 5.75. The van der Waals surface area contributed by atoms with Gasteiger partial charge in [-0.25, -0.2) is 4.39 Å². The van der Waals surface area contributed by atoms with Gasteiger partial charge in [0.1, 0.15) is 5.82 Å². The first-order chi connectivity index (χ1) is 8.69. The predicted octanol–water partition coefficient (Wildman–Crippen LogP) is 3.86. The van der Waals surface area contributed by atoms with E-state index in [4.69, 9.17) is 0 Å². The lowest BCUT2D eigenvalue weighted by molar-refractivity contribution is 0.0360. The van der Waals surface area contributed by atoms with Gasteiger partial charge in [-0.15, -0.1) is 0 Å². The van der Waals surface area contributed by atoms with E-state index in [1.54, 1.807) is 12.1 Å². The van der Waals surface area contributed by atoms with Gasteiger partial charge < -0.3 is 0 Å². The van der Waals surface area contributed by atoms with Gasteiger partial charge >= 0.3 is 0 Å². The lowest BCUT2D eigenvalue weighted by Crippen LogP contribution is -2.53. The predicted molar refractivity (Wildman–Crippen MR) is 72.8 cm³/mol. The summed E-state index contributed by atoms with van der Waals surface area (Å²) in [5.74, 6) is -0.0868. The maximum Gasteiger partial charge on any atom is 0.130 e. The maximum absolute atomic E-state index is 13.8. The molecule has 0 amide bonds. The molecular formula is C16H20FN. The van der Waals surface area contributed by atoms with E-state index in [0.29, 0.717) is 5.54 Å². The molecule has 1 atom stereocenters. The first-order valence-corrected chi connectivity index (χ1v) is 6.88. The van der Waals surface area contributed by atoms with Crippen LogP contribution in [0.1, 0.15) is 38.2 Å². The molecule has 1 fully saturated rings. The molecule has 0 radical (unpaired) electrons. The molecule has 1 heterocycles. The Bertz CT molecular complexity index is 476. The van der Waals surface area contributed by atoms with Crippen LogP contribution in [0.25, 0.3) is 5.57 Å². The fourth-order valence-corrected chi connectivity index (χ4v) is 3.06. The number of rotatable bonds is 2. The van der Waals surface area contributed by atoms with E-state index in [1.165, 1.54) is 25.1 Å². The van der Waals surface area contributed by atoms with Crippen LogP contribution in [0.2, 0.25) is 0 Å². The van der Waals surface area contributed by atoms with Gasteiger partial charge in [0.25, 0.3) is 0 Å². The molecule has 0 N–H and O–H groups in total. The van der Waals surface area contributed by atoms with Crippen LogP contribution in [0.4, 0.5) is 4.39 Å².